The Kier molecular flexibility index (Phi) is 7.48. The molecule has 0 spiro atoms. The summed E-state index contributed by atoms with van der Waals surface area (Å²) in [5.41, 5.74) is 2.94. The fraction of sp³-hybridized carbons (Fsp3) is 0.316. The first-order valence-electron chi connectivity index (χ1n) is 8.31. The van der Waals surface area contributed by atoms with Gasteiger partial charge in [0.25, 0.3) is 0 Å². The van der Waals surface area contributed by atoms with Gasteiger partial charge in [0.2, 0.25) is 0 Å². The van der Waals surface area contributed by atoms with Crippen LogP contribution in [0.4, 0.5) is 0 Å². The Hall–Kier alpha value is -2.05. The number of benzene rings is 2. The van der Waals surface area contributed by atoms with Gasteiger partial charge >= 0.3 is 0 Å². The largest absolute Gasteiger partial charge is 0.356 e. The van der Waals surface area contributed by atoms with Crippen LogP contribution in [0.3, 0.4) is 0 Å². The van der Waals surface area contributed by atoms with E-state index in [4.69, 9.17) is 11.6 Å². The summed E-state index contributed by atoms with van der Waals surface area (Å²) >= 11 is 6.16. The lowest BCUT2D eigenvalue weighted by molar-refractivity contribution is 0.601. The molecule has 0 radical (unpaired) electrons. The summed E-state index contributed by atoms with van der Waals surface area (Å²) in [4.78, 5) is 4.20. The van der Waals surface area contributed by atoms with Crippen LogP contribution in [0, 0.1) is 0 Å². The van der Waals surface area contributed by atoms with Crippen molar-refractivity contribution < 1.29 is 8.42 Å². The van der Waals surface area contributed by atoms with Crippen LogP contribution in [-0.4, -0.2) is 34.2 Å². The van der Waals surface area contributed by atoms with E-state index in [1.165, 1.54) is 6.26 Å². The van der Waals surface area contributed by atoms with Gasteiger partial charge in [-0.05, 0) is 29.2 Å². The average Bonchev–Trinajstić information content (AvgIpc) is 2.59. The predicted octanol–water partition coefficient (Wildman–Crippen LogP) is 2.79. The summed E-state index contributed by atoms with van der Waals surface area (Å²) in [5, 5.41) is 7.27. The van der Waals surface area contributed by atoms with Gasteiger partial charge in [-0.15, -0.1) is 0 Å². The van der Waals surface area contributed by atoms with Gasteiger partial charge in [-0.3, -0.25) is 4.99 Å². The second-order valence-corrected chi connectivity index (χ2v) is 8.63. The molecule has 0 heterocycles. The van der Waals surface area contributed by atoms with Gasteiger partial charge in [0.05, 0.1) is 5.75 Å². The molecule has 0 saturated carbocycles. The minimum Gasteiger partial charge on any atom is -0.356 e. The average molecular weight is 394 g/mol. The Labute approximate surface area is 160 Å². The molecule has 2 aromatic rings. The van der Waals surface area contributed by atoms with Crippen molar-refractivity contribution in [3.8, 4) is 0 Å². The lowest BCUT2D eigenvalue weighted by atomic mass is 10.1. The highest BCUT2D eigenvalue weighted by atomic mass is 35.5. The van der Waals surface area contributed by atoms with Crippen molar-refractivity contribution >= 4 is 27.4 Å². The van der Waals surface area contributed by atoms with Crippen molar-refractivity contribution in [2.24, 2.45) is 4.99 Å². The van der Waals surface area contributed by atoms with Crippen molar-refractivity contribution in [2.45, 2.75) is 18.7 Å². The molecular formula is C19H24ClN3O2S. The van der Waals surface area contributed by atoms with Gasteiger partial charge in [0.15, 0.2) is 15.8 Å². The van der Waals surface area contributed by atoms with Crippen LogP contribution < -0.4 is 10.6 Å². The van der Waals surface area contributed by atoms with E-state index in [9.17, 15) is 8.42 Å². The Morgan fingerprint density at radius 2 is 1.69 bits per heavy atom. The van der Waals surface area contributed by atoms with Gasteiger partial charge < -0.3 is 10.6 Å². The van der Waals surface area contributed by atoms with Crippen molar-refractivity contribution in [1.29, 1.82) is 0 Å². The Bertz CT molecular complexity index is 849. The second-order valence-electron chi connectivity index (χ2n) is 6.08. The first-order chi connectivity index (χ1) is 12.4. The molecule has 0 amide bonds. The number of guanidine groups is 1. The van der Waals surface area contributed by atoms with Gasteiger partial charge in [-0.25, -0.2) is 8.42 Å². The topological polar surface area (TPSA) is 70.6 Å². The standard InChI is InChI=1S/C19H24ClN3O2S/c1-21-19(22-12-11-17-5-3-4-6-18(17)20)23-13-15-7-9-16(10-8-15)14-26(2,24)25/h3-10H,11-14H2,1-2H3,(H2,21,22,23). The van der Waals surface area contributed by atoms with Gasteiger partial charge in [-0.1, -0.05) is 54.1 Å². The zero-order valence-corrected chi connectivity index (χ0v) is 16.6. The molecule has 0 bridgehead atoms. The van der Waals surface area contributed by atoms with Crippen LogP contribution in [0.1, 0.15) is 16.7 Å². The summed E-state index contributed by atoms with van der Waals surface area (Å²) in [7, 11) is -1.29. The number of rotatable bonds is 7. The number of nitrogens with one attached hydrogen (secondary N) is 2. The molecule has 7 heteroatoms. The van der Waals surface area contributed by atoms with Crippen LogP contribution in [0.15, 0.2) is 53.5 Å². The van der Waals surface area contributed by atoms with Crippen molar-refractivity contribution in [1.82, 2.24) is 10.6 Å². The molecule has 0 aliphatic heterocycles. The molecule has 0 aliphatic rings. The van der Waals surface area contributed by atoms with E-state index in [1.54, 1.807) is 7.05 Å². The number of aliphatic imine (C=N–C) groups is 1. The van der Waals surface area contributed by atoms with E-state index < -0.39 is 9.84 Å². The quantitative estimate of drug-likeness (QED) is 0.560. The Balaban J connectivity index is 1.80. The molecule has 0 atom stereocenters. The third-order valence-corrected chi connectivity index (χ3v) is 5.01. The number of sulfone groups is 1. The summed E-state index contributed by atoms with van der Waals surface area (Å²) in [5.74, 6) is 0.767. The third kappa shape index (κ3) is 7.06. The highest BCUT2D eigenvalue weighted by molar-refractivity contribution is 7.89. The van der Waals surface area contributed by atoms with E-state index >= 15 is 0 Å². The molecule has 0 aromatic heterocycles. The van der Waals surface area contributed by atoms with E-state index in [1.807, 2.05) is 48.5 Å². The lowest BCUT2D eigenvalue weighted by Crippen LogP contribution is -2.37. The predicted molar refractivity (Wildman–Crippen MR) is 108 cm³/mol. The van der Waals surface area contributed by atoms with Crippen LogP contribution >= 0.6 is 11.6 Å². The Morgan fingerprint density at radius 3 is 2.31 bits per heavy atom. The molecule has 2 N–H and O–H groups in total. The molecule has 0 saturated heterocycles. The second kappa shape index (κ2) is 9.59. The zero-order valence-electron chi connectivity index (χ0n) is 15.0. The molecule has 2 aromatic carbocycles. The minimum atomic E-state index is -3.01. The molecule has 5 nitrogen and oxygen atoms in total. The SMILES string of the molecule is CN=C(NCCc1ccccc1Cl)NCc1ccc(CS(C)(=O)=O)cc1. The van der Waals surface area contributed by atoms with E-state index in [0.29, 0.717) is 12.5 Å². The lowest BCUT2D eigenvalue weighted by Gasteiger charge is -2.12. The molecule has 2 rings (SSSR count). The number of hydrogen-bond acceptors (Lipinski definition) is 3. The van der Waals surface area contributed by atoms with Crippen LogP contribution in [0.25, 0.3) is 0 Å². The monoisotopic (exact) mass is 393 g/mol. The summed E-state index contributed by atoms with van der Waals surface area (Å²) in [6, 6.07) is 15.3. The molecule has 140 valence electrons. The van der Waals surface area contributed by atoms with Crippen molar-refractivity contribution in [2.75, 3.05) is 19.8 Å². The maximum atomic E-state index is 11.3. The van der Waals surface area contributed by atoms with Crippen molar-refractivity contribution in [3.63, 3.8) is 0 Å². The van der Waals surface area contributed by atoms with Crippen LogP contribution in [-0.2, 0) is 28.6 Å². The van der Waals surface area contributed by atoms with E-state index in [0.717, 1.165) is 34.7 Å². The maximum absolute atomic E-state index is 11.3. The minimum absolute atomic E-state index is 0.0615. The molecule has 0 unspecified atom stereocenters. The fourth-order valence-electron chi connectivity index (χ4n) is 2.48. The number of hydrogen-bond donors (Lipinski definition) is 2. The zero-order chi connectivity index (χ0) is 19.0. The van der Waals surface area contributed by atoms with Gasteiger partial charge in [0.1, 0.15) is 0 Å². The molecule has 0 fully saturated rings. The van der Waals surface area contributed by atoms with Crippen LogP contribution in [0.2, 0.25) is 5.02 Å². The van der Waals surface area contributed by atoms with E-state index in [2.05, 4.69) is 15.6 Å². The molecular weight excluding hydrogens is 370 g/mol. The maximum Gasteiger partial charge on any atom is 0.191 e. The normalized spacial score (nSPS) is 12.0. The first-order valence-corrected chi connectivity index (χ1v) is 10.7. The van der Waals surface area contributed by atoms with Gasteiger partial charge in [0, 0.05) is 31.4 Å². The van der Waals surface area contributed by atoms with E-state index in [-0.39, 0.29) is 5.75 Å². The smallest absolute Gasteiger partial charge is 0.191 e. The number of halogens is 1. The summed E-state index contributed by atoms with van der Waals surface area (Å²) in [6.07, 6.45) is 2.04. The number of nitrogens with zero attached hydrogens (tertiary/aromatic N) is 1. The summed E-state index contributed by atoms with van der Waals surface area (Å²) in [6.45, 7) is 1.32. The van der Waals surface area contributed by atoms with Gasteiger partial charge in [-0.2, -0.15) is 0 Å². The fourth-order valence-corrected chi connectivity index (χ4v) is 3.51. The highest BCUT2D eigenvalue weighted by Crippen LogP contribution is 2.14. The molecule has 0 aliphatic carbocycles. The first kappa shape index (κ1) is 20.3. The third-order valence-electron chi connectivity index (χ3n) is 3.78. The Morgan fingerprint density at radius 1 is 1.04 bits per heavy atom. The molecule has 26 heavy (non-hydrogen) atoms. The van der Waals surface area contributed by atoms with Crippen LogP contribution in [0.5, 0.6) is 0 Å². The highest BCUT2D eigenvalue weighted by Gasteiger charge is 2.05. The summed E-state index contributed by atoms with van der Waals surface area (Å²) < 4.78 is 22.6. The van der Waals surface area contributed by atoms with Crippen molar-refractivity contribution in [3.05, 3.63) is 70.2 Å².